The molecule has 0 aliphatic carbocycles. The predicted octanol–water partition coefficient (Wildman–Crippen LogP) is 2.40. The molecule has 0 atom stereocenters. The van der Waals surface area contributed by atoms with Gasteiger partial charge in [0.15, 0.2) is 0 Å². The van der Waals surface area contributed by atoms with Crippen LogP contribution in [0, 0.1) is 0 Å². The maximum atomic E-state index is 10.2. The van der Waals surface area contributed by atoms with E-state index in [0.717, 1.165) is 51.4 Å². The molecule has 0 spiro atoms. The van der Waals surface area contributed by atoms with Crippen LogP contribution in [0.5, 0.6) is 0 Å². The van der Waals surface area contributed by atoms with E-state index in [-0.39, 0.29) is 12.8 Å². The summed E-state index contributed by atoms with van der Waals surface area (Å²) in [5.41, 5.74) is 0. The third-order valence-corrected chi connectivity index (χ3v) is 2.53. The lowest BCUT2D eigenvalue weighted by molar-refractivity contribution is -0.138. The summed E-state index contributed by atoms with van der Waals surface area (Å²) in [6.45, 7) is 0. The van der Waals surface area contributed by atoms with Crippen LogP contribution in [0.25, 0.3) is 0 Å². The minimum absolute atomic E-state index is 0.276. The maximum Gasteiger partial charge on any atom is 0.394 e. The molecule has 9 heteroatoms. The molecule has 0 radical (unpaired) electrons. The molecular formula is C12H24O8S. The maximum absolute atomic E-state index is 10.2. The average molecular weight is 328 g/mol. The van der Waals surface area contributed by atoms with Crippen LogP contribution in [0.2, 0.25) is 0 Å². The van der Waals surface area contributed by atoms with Crippen molar-refractivity contribution in [1.82, 2.24) is 0 Å². The van der Waals surface area contributed by atoms with Crippen molar-refractivity contribution in [1.29, 1.82) is 0 Å². The van der Waals surface area contributed by atoms with Crippen molar-refractivity contribution in [2.75, 3.05) is 0 Å². The Balaban J connectivity index is 0. The number of carboxylic acid groups (broad SMARTS) is 2. The van der Waals surface area contributed by atoms with Crippen molar-refractivity contribution in [3.05, 3.63) is 0 Å². The van der Waals surface area contributed by atoms with Gasteiger partial charge in [-0.3, -0.25) is 18.7 Å². The largest absolute Gasteiger partial charge is 0.481 e. The van der Waals surface area contributed by atoms with E-state index < -0.39 is 22.3 Å². The molecule has 0 heterocycles. The van der Waals surface area contributed by atoms with Gasteiger partial charge in [-0.15, -0.1) is 0 Å². The number of hydrogen-bond acceptors (Lipinski definition) is 4. The molecular weight excluding hydrogens is 304 g/mol. The van der Waals surface area contributed by atoms with Crippen LogP contribution in [0.15, 0.2) is 0 Å². The van der Waals surface area contributed by atoms with Crippen molar-refractivity contribution in [2.24, 2.45) is 0 Å². The Kier molecular flexibility index (Phi) is 14.5. The fraction of sp³-hybridized carbons (Fsp3) is 0.833. The van der Waals surface area contributed by atoms with E-state index in [0.29, 0.717) is 0 Å². The van der Waals surface area contributed by atoms with Crippen LogP contribution in [0.3, 0.4) is 0 Å². The second kappa shape index (κ2) is 13.8. The lowest BCUT2D eigenvalue weighted by atomic mass is 10.1. The zero-order chi connectivity index (χ0) is 16.7. The van der Waals surface area contributed by atoms with Crippen LogP contribution >= 0.6 is 0 Å². The van der Waals surface area contributed by atoms with Gasteiger partial charge >= 0.3 is 22.3 Å². The third-order valence-electron chi connectivity index (χ3n) is 2.53. The van der Waals surface area contributed by atoms with Crippen LogP contribution in [-0.4, -0.2) is 39.7 Å². The first-order valence-electron chi connectivity index (χ1n) is 6.76. The quantitative estimate of drug-likeness (QED) is 0.333. The van der Waals surface area contributed by atoms with Gasteiger partial charge < -0.3 is 10.2 Å². The van der Waals surface area contributed by atoms with Gasteiger partial charge in [-0.2, -0.15) is 8.42 Å². The molecule has 21 heavy (non-hydrogen) atoms. The molecule has 0 rings (SSSR count). The van der Waals surface area contributed by atoms with E-state index in [1.807, 2.05) is 0 Å². The Morgan fingerprint density at radius 3 is 1.00 bits per heavy atom. The summed E-state index contributed by atoms with van der Waals surface area (Å²) in [6, 6.07) is 0. The van der Waals surface area contributed by atoms with Crippen molar-refractivity contribution in [3.8, 4) is 0 Å². The molecule has 0 fully saturated rings. The predicted molar refractivity (Wildman–Crippen MR) is 75.6 cm³/mol. The third kappa shape index (κ3) is 38.1. The second-order valence-corrected chi connectivity index (χ2v) is 5.46. The second-order valence-electron chi connectivity index (χ2n) is 4.56. The van der Waals surface area contributed by atoms with E-state index >= 15 is 0 Å². The van der Waals surface area contributed by atoms with Gasteiger partial charge in [-0.25, -0.2) is 0 Å². The van der Waals surface area contributed by atoms with Crippen LogP contribution in [0.1, 0.15) is 64.2 Å². The molecule has 126 valence electrons. The van der Waals surface area contributed by atoms with E-state index in [2.05, 4.69) is 0 Å². The molecule has 0 aromatic heterocycles. The Morgan fingerprint density at radius 1 is 0.619 bits per heavy atom. The fourth-order valence-corrected chi connectivity index (χ4v) is 1.61. The van der Waals surface area contributed by atoms with Gasteiger partial charge in [-0.1, -0.05) is 38.5 Å². The van der Waals surface area contributed by atoms with Crippen LogP contribution < -0.4 is 0 Å². The topological polar surface area (TPSA) is 149 Å². The first-order valence-corrected chi connectivity index (χ1v) is 8.16. The smallest absolute Gasteiger partial charge is 0.394 e. The highest BCUT2D eigenvalue weighted by Crippen LogP contribution is 2.10. The Bertz CT molecular complexity index is 347. The highest BCUT2D eigenvalue weighted by molar-refractivity contribution is 7.79. The monoisotopic (exact) mass is 328 g/mol. The number of rotatable bonds is 11. The zero-order valence-electron chi connectivity index (χ0n) is 11.9. The normalized spacial score (nSPS) is 10.6. The summed E-state index contributed by atoms with van der Waals surface area (Å²) in [5.74, 6) is -1.43. The van der Waals surface area contributed by atoms with Crippen molar-refractivity contribution >= 4 is 22.3 Å². The van der Waals surface area contributed by atoms with Gasteiger partial charge in [0.2, 0.25) is 0 Å². The first-order chi connectivity index (χ1) is 9.63. The van der Waals surface area contributed by atoms with Gasteiger partial charge in [0.25, 0.3) is 0 Å². The molecule has 0 unspecified atom stereocenters. The summed E-state index contributed by atoms with van der Waals surface area (Å²) in [4.78, 5) is 20.4. The van der Waals surface area contributed by atoms with Crippen molar-refractivity contribution in [2.45, 2.75) is 64.2 Å². The van der Waals surface area contributed by atoms with E-state index in [4.69, 9.17) is 27.7 Å². The molecule has 0 bridgehead atoms. The Morgan fingerprint density at radius 2 is 0.810 bits per heavy atom. The molecule has 0 aromatic carbocycles. The lowest BCUT2D eigenvalue weighted by Crippen LogP contribution is -1.94. The molecule has 0 saturated carbocycles. The number of carboxylic acids is 2. The van der Waals surface area contributed by atoms with E-state index in [1.54, 1.807) is 0 Å². The lowest BCUT2D eigenvalue weighted by Gasteiger charge is -2.00. The minimum atomic E-state index is -4.67. The van der Waals surface area contributed by atoms with Gasteiger partial charge in [-0.05, 0) is 12.8 Å². The fourth-order valence-electron chi connectivity index (χ4n) is 1.61. The van der Waals surface area contributed by atoms with Crippen molar-refractivity contribution < 1.29 is 37.3 Å². The van der Waals surface area contributed by atoms with Crippen LogP contribution in [-0.2, 0) is 20.0 Å². The van der Waals surface area contributed by atoms with Crippen LogP contribution in [0.4, 0.5) is 0 Å². The minimum Gasteiger partial charge on any atom is -0.481 e. The highest BCUT2D eigenvalue weighted by atomic mass is 32.3. The first kappa shape index (κ1) is 22.1. The summed E-state index contributed by atoms with van der Waals surface area (Å²) >= 11 is 0. The van der Waals surface area contributed by atoms with Crippen molar-refractivity contribution in [3.63, 3.8) is 0 Å². The van der Waals surface area contributed by atoms with E-state index in [9.17, 15) is 9.59 Å². The standard InChI is InChI=1S/C12H22O4.H2O4S/c13-11(14)9-7-5-3-1-2-4-6-8-10-12(15)16;1-5(2,3)4/h1-10H2,(H,13,14)(H,15,16);(H2,1,2,3,4). The zero-order valence-corrected chi connectivity index (χ0v) is 12.7. The number of carbonyl (C=O) groups is 2. The highest BCUT2D eigenvalue weighted by Gasteiger charge is 1.98. The molecule has 8 nitrogen and oxygen atoms in total. The molecule has 0 saturated heterocycles. The molecule has 4 N–H and O–H groups in total. The average Bonchev–Trinajstić information content (AvgIpc) is 2.28. The molecule has 0 aromatic rings. The Labute approximate surface area is 124 Å². The van der Waals surface area contributed by atoms with Gasteiger partial charge in [0.05, 0.1) is 0 Å². The van der Waals surface area contributed by atoms with E-state index in [1.165, 1.54) is 0 Å². The number of aliphatic carboxylic acids is 2. The summed E-state index contributed by atoms with van der Waals surface area (Å²) in [5, 5.41) is 16.8. The van der Waals surface area contributed by atoms with Gasteiger partial charge in [0, 0.05) is 12.8 Å². The molecule has 0 aliphatic heterocycles. The summed E-state index contributed by atoms with van der Waals surface area (Å²) in [6.07, 6.45) is 8.51. The summed E-state index contributed by atoms with van der Waals surface area (Å²) in [7, 11) is -4.67. The summed E-state index contributed by atoms with van der Waals surface area (Å²) < 4.78 is 31.6. The molecule has 0 aliphatic rings. The van der Waals surface area contributed by atoms with Gasteiger partial charge in [0.1, 0.15) is 0 Å². The number of unbranched alkanes of at least 4 members (excludes halogenated alkanes) is 7. The Hall–Kier alpha value is -1.19. The SMILES string of the molecule is O=C(O)CCCCCCCCCCC(=O)O.O=S(=O)(O)O. The molecule has 0 amide bonds. The number of hydrogen-bond donors (Lipinski definition) is 4.